The van der Waals surface area contributed by atoms with E-state index in [4.69, 9.17) is 4.74 Å². The van der Waals surface area contributed by atoms with Crippen molar-refractivity contribution >= 4 is 6.08 Å². The van der Waals surface area contributed by atoms with Gasteiger partial charge in [-0.3, -0.25) is 0 Å². The molecule has 1 rings (SSSR count). The summed E-state index contributed by atoms with van der Waals surface area (Å²) >= 11 is 0. The molecule has 0 saturated heterocycles. The van der Waals surface area contributed by atoms with Crippen LogP contribution in [0.25, 0.3) is 6.08 Å². The molecule has 1 aromatic rings. The molecule has 1 aromatic carbocycles. The van der Waals surface area contributed by atoms with Gasteiger partial charge < -0.3 is 4.74 Å². The van der Waals surface area contributed by atoms with Gasteiger partial charge in [-0.15, -0.1) is 6.58 Å². The zero-order chi connectivity index (χ0) is 14.8. The maximum Gasteiger partial charge on any atom is 0.0657 e. The van der Waals surface area contributed by atoms with Gasteiger partial charge in [0.15, 0.2) is 0 Å². The highest BCUT2D eigenvalue weighted by Crippen LogP contribution is 2.20. The van der Waals surface area contributed by atoms with Crippen LogP contribution in [0.3, 0.4) is 0 Å². The highest BCUT2D eigenvalue weighted by molar-refractivity contribution is 5.48. The lowest BCUT2D eigenvalue weighted by Crippen LogP contribution is -2.24. The minimum atomic E-state index is -0.0537. The van der Waals surface area contributed by atoms with Crippen molar-refractivity contribution in [1.29, 1.82) is 0 Å². The quantitative estimate of drug-likeness (QED) is 0.540. The highest BCUT2D eigenvalue weighted by Gasteiger charge is 2.17. The molecule has 0 amide bonds. The second-order valence-electron chi connectivity index (χ2n) is 5.99. The summed E-state index contributed by atoms with van der Waals surface area (Å²) in [6.45, 7) is 11.0. The molecule has 0 radical (unpaired) electrons. The van der Waals surface area contributed by atoms with E-state index in [1.807, 2.05) is 24.3 Å². The lowest BCUT2D eigenvalue weighted by molar-refractivity contribution is -0.00909. The van der Waals surface area contributed by atoms with Gasteiger partial charge in [0.25, 0.3) is 0 Å². The van der Waals surface area contributed by atoms with Crippen LogP contribution in [0, 0.1) is 5.92 Å². The Labute approximate surface area is 124 Å². The number of hydrogen-bond donors (Lipinski definition) is 0. The van der Waals surface area contributed by atoms with E-state index in [1.54, 1.807) is 0 Å². The number of ether oxygens (including phenoxy) is 1. The molecule has 0 aromatic heterocycles. The van der Waals surface area contributed by atoms with Crippen LogP contribution in [0.1, 0.15) is 45.6 Å². The van der Waals surface area contributed by atoms with E-state index in [9.17, 15) is 0 Å². The van der Waals surface area contributed by atoms with Gasteiger partial charge in [0.05, 0.1) is 12.2 Å². The van der Waals surface area contributed by atoms with Crippen molar-refractivity contribution in [3.05, 3.63) is 54.6 Å². The zero-order valence-electron chi connectivity index (χ0n) is 13.1. The molecule has 0 saturated carbocycles. The number of allylic oxidation sites excluding steroid dienone is 1. The van der Waals surface area contributed by atoms with Crippen LogP contribution in [0.4, 0.5) is 0 Å². The maximum absolute atomic E-state index is 5.95. The van der Waals surface area contributed by atoms with Crippen LogP contribution in [0.5, 0.6) is 0 Å². The van der Waals surface area contributed by atoms with E-state index in [2.05, 4.69) is 51.6 Å². The maximum atomic E-state index is 5.95. The Hall–Kier alpha value is -1.34. The van der Waals surface area contributed by atoms with Crippen LogP contribution in [0.2, 0.25) is 0 Å². The lowest BCUT2D eigenvalue weighted by Gasteiger charge is -2.25. The Balaban J connectivity index is 2.25. The normalized spacial score (nSPS) is 13.6. The monoisotopic (exact) mass is 272 g/mol. The van der Waals surface area contributed by atoms with Crippen molar-refractivity contribution in [2.45, 2.75) is 45.6 Å². The summed E-state index contributed by atoms with van der Waals surface area (Å²) in [7, 11) is 0. The second kappa shape index (κ2) is 8.76. The fraction of sp³-hybridized carbons (Fsp3) is 0.474. The molecule has 0 heterocycles. The van der Waals surface area contributed by atoms with Gasteiger partial charge in [-0.1, -0.05) is 61.9 Å². The molecule has 0 aliphatic heterocycles. The average molecular weight is 272 g/mol. The smallest absolute Gasteiger partial charge is 0.0657 e. The summed E-state index contributed by atoms with van der Waals surface area (Å²) in [5, 5.41) is 0. The Bertz CT molecular complexity index is 403. The summed E-state index contributed by atoms with van der Waals surface area (Å²) in [5.41, 5.74) is 1.16. The molecule has 20 heavy (non-hydrogen) atoms. The summed E-state index contributed by atoms with van der Waals surface area (Å²) in [5.74, 6) is 0.601. The Morgan fingerprint density at radius 2 is 1.95 bits per heavy atom. The average Bonchev–Trinajstić information content (AvgIpc) is 2.44. The van der Waals surface area contributed by atoms with Crippen LogP contribution in [0.15, 0.2) is 49.1 Å². The molecule has 0 bridgehead atoms. The number of hydrogen-bond acceptors (Lipinski definition) is 1. The van der Waals surface area contributed by atoms with Crippen LogP contribution >= 0.6 is 0 Å². The molecule has 1 nitrogen and oxygen atoms in total. The van der Waals surface area contributed by atoms with E-state index in [0.29, 0.717) is 12.5 Å². The molecule has 1 heteroatoms. The molecule has 0 aliphatic rings. The first kappa shape index (κ1) is 16.7. The number of rotatable bonds is 9. The SMILES string of the molecule is C=CC(C)CCCC(C)(C)OC/C=C/c1ccccc1. The molecule has 110 valence electrons. The third-order valence-electron chi connectivity index (χ3n) is 3.52. The third-order valence-corrected chi connectivity index (χ3v) is 3.52. The molecular formula is C19H28O. The summed E-state index contributed by atoms with van der Waals surface area (Å²) in [4.78, 5) is 0. The van der Waals surface area contributed by atoms with Gasteiger partial charge in [-0.2, -0.15) is 0 Å². The first-order chi connectivity index (χ1) is 9.53. The predicted octanol–water partition coefficient (Wildman–Crippen LogP) is 5.49. The van der Waals surface area contributed by atoms with Crippen molar-refractivity contribution in [2.75, 3.05) is 6.61 Å². The number of benzene rings is 1. The largest absolute Gasteiger partial charge is 0.372 e. The van der Waals surface area contributed by atoms with E-state index in [0.717, 1.165) is 6.42 Å². The van der Waals surface area contributed by atoms with Crippen LogP contribution < -0.4 is 0 Å². The lowest BCUT2D eigenvalue weighted by atomic mass is 9.97. The van der Waals surface area contributed by atoms with Gasteiger partial charge in [0.1, 0.15) is 0 Å². The molecule has 0 aliphatic carbocycles. The minimum Gasteiger partial charge on any atom is -0.372 e. The standard InChI is InChI=1S/C19H28O/c1-5-17(2)11-9-15-19(3,4)20-16-10-14-18-12-7-6-8-13-18/h5-8,10,12-14,17H,1,9,11,15-16H2,2-4H3/b14-10+. The third kappa shape index (κ3) is 7.30. The van der Waals surface area contributed by atoms with Crippen molar-refractivity contribution in [2.24, 2.45) is 5.92 Å². The summed E-state index contributed by atoms with van der Waals surface area (Å²) in [6, 6.07) is 10.3. The molecule has 1 atom stereocenters. The molecule has 1 unspecified atom stereocenters. The van der Waals surface area contributed by atoms with Gasteiger partial charge in [-0.05, 0) is 38.2 Å². The Kier molecular flexibility index (Phi) is 7.32. The zero-order valence-corrected chi connectivity index (χ0v) is 13.1. The van der Waals surface area contributed by atoms with E-state index in [-0.39, 0.29) is 5.60 Å². The van der Waals surface area contributed by atoms with Gasteiger partial charge in [0.2, 0.25) is 0 Å². The van der Waals surface area contributed by atoms with E-state index in [1.165, 1.54) is 18.4 Å². The van der Waals surface area contributed by atoms with E-state index >= 15 is 0 Å². The summed E-state index contributed by atoms with van der Waals surface area (Å²) < 4.78 is 5.95. The van der Waals surface area contributed by atoms with Crippen molar-refractivity contribution in [3.63, 3.8) is 0 Å². The predicted molar refractivity (Wildman–Crippen MR) is 88.7 cm³/mol. The molecular weight excluding hydrogens is 244 g/mol. The molecule has 0 fully saturated rings. The van der Waals surface area contributed by atoms with Gasteiger partial charge in [-0.25, -0.2) is 0 Å². The summed E-state index contributed by atoms with van der Waals surface area (Å²) in [6.07, 6.45) is 9.68. The van der Waals surface area contributed by atoms with Crippen LogP contribution in [-0.2, 0) is 4.74 Å². The fourth-order valence-electron chi connectivity index (χ4n) is 2.06. The Morgan fingerprint density at radius 1 is 1.25 bits per heavy atom. The minimum absolute atomic E-state index is 0.0537. The first-order valence-corrected chi connectivity index (χ1v) is 7.51. The van der Waals surface area contributed by atoms with Gasteiger partial charge >= 0.3 is 0 Å². The van der Waals surface area contributed by atoms with Crippen LogP contribution in [-0.4, -0.2) is 12.2 Å². The van der Waals surface area contributed by atoms with Crippen molar-refractivity contribution in [1.82, 2.24) is 0 Å². The van der Waals surface area contributed by atoms with Crippen molar-refractivity contribution in [3.8, 4) is 0 Å². The van der Waals surface area contributed by atoms with Crippen molar-refractivity contribution < 1.29 is 4.74 Å². The van der Waals surface area contributed by atoms with Gasteiger partial charge in [0, 0.05) is 0 Å². The fourth-order valence-corrected chi connectivity index (χ4v) is 2.06. The molecule has 0 N–H and O–H groups in total. The second-order valence-corrected chi connectivity index (χ2v) is 5.99. The topological polar surface area (TPSA) is 9.23 Å². The highest BCUT2D eigenvalue weighted by atomic mass is 16.5. The Morgan fingerprint density at radius 3 is 2.60 bits per heavy atom. The van der Waals surface area contributed by atoms with E-state index < -0.39 is 0 Å². The first-order valence-electron chi connectivity index (χ1n) is 7.51. The molecule has 0 spiro atoms.